The van der Waals surface area contributed by atoms with Crippen molar-refractivity contribution in [2.45, 2.75) is 25.7 Å². The molecule has 0 fully saturated rings. The standard InChI is InChI=1S/C18H17NO4/c20-18(12-23-17-9-7-16(8-10-17)19(21)22)15-6-5-13-3-1-2-4-14(13)11-15/h5-11H,1-4,12H2. The van der Waals surface area contributed by atoms with Gasteiger partial charge in [0.15, 0.2) is 12.4 Å². The molecule has 0 unspecified atom stereocenters. The van der Waals surface area contributed by atoms with Crippen LogP contribution in [0.25, 0.3) is 0 Å². The number of hydrogen-bond acceptors (Lipinski definition) is 4. The zero-order valence-corrected chi connectivity index (χ0v) is 12.7. The molecule has 0 spiro atoms. The number of nitro groups is 1. The first-order valence-corrected chi connectivity index (χ1v) is 7.66. The summed E-state index contributed by atoms with van der Waals surface area (Å²) in [6.07, 6.45) is 4.50. The second-order valence-electron chi connectivity index (χ2n) is 5.65. The third-order valence-electron chi connectivity index (χ3n) is 4.09. The van der Waals surface area contributed by atoms with E-state index in [0.29, 0.717) is 11.3 Å². The minimum atomic E-state index is -0.470. The van der Waals surface area contributed by atoms with E-state index in [2.05, 4.69) is 0 Å². The highest BCUT2D eigenvalue weighted by Gasteiger charge is 2.13. The number of benzene rings is 2. The molecule has 0 radical (unpaired) electrons. The summed E-state index contributed by atoms with van der Waals surface area (Å²) in [5.41, 5.74) is 3.26. The number of ether oxygens (including phenoxy) is 1. The van der Waals surface area contributed by atoms with Gasteiger partial charge in [-0.25, -0.2) is 0 Å². The van der Waals surface area contributed by atoms with Crippen molar-refractivity contribution in [2.24, 2.45) is 0 Å². The van der Waals surface area contributed by atoms with Gasteiger partial charge in [-0.2, -0.15) is 0 Å². The summed E-state index contributed by atoms with van der Waals surface area (Å²) in [6, 6.07) is 11.6. The van der Waals surface area contributed by atoms with Gasteiger partial charge in [0.05, 0.1) is 4.92 Å². The van der Waals surface area contributed by atoms with Crippen molar-refractivity contribution in [3.05, 3.63) is 69.3 Å². The van der Waals surface area contributed by atoms with E-state index in [-0.39, 0.29) is 18.1 Å². The molecule has 2 aromatic carbocycles. The molecule has 0 saturated carbocycles. The maximum absolute atomic E-state index is 12.2. The Labute approximate surface area is 134 Å². The van der Waals surface area contributed by atoms with Crippen LogP contribution < -0.4 is 4.74 Å². The van der Waals surface area contributed by atoms with E-state index in [9.17, 15) is 14.9 Å². The van der Waals surface area contributed by atoms with Crippen LogP contribution in [-0.2, 0) is 12.8 Å². The minimum Gasteiger partial charge on any atom is -0.485 e. The van der Waals surface area contributed by atoms with Crippen molar-refractivity contribution in [3.8, 4) is 5.75 Å². The molecule has 0 bridgehead atoms. The van der Waals surface area contributed by atoms with Crippen LogP contribution in [0.3, 0.4) is 0 Å². The molecule has 0 atom stereocenters. The Bertz CT molecular complexity index is 737. The molecular weight excluding hydrogens is 294 g/mol. The van der Waals surface area contributed by atoms with Gasteiger partial charge >= 0.3 is 0 Å². The lowest BCUT2D eigenvalue weighted by Crippen LogP contribution is -2.13. The van der Waals surface area contributed by atoms with Gasteiger partial charge in [0.2, 0.25) is 0 Å². The number of nitro benzene ring substituents is 1. The van der Waals surface area contributed by atoms with Crippen molar-refractivity contribution < 1.29 is 14.5 Å². The Balaban J connectivity index is 1.64. The molecule has 0 aliphatic heterocycles. The number of ketones is 1. The monoisotopic (exact) mass is 311 g/mol. The molecule has 118 valence electrons. The van der Waals surface area contributed by atoms with Crippen LogP contribution in [-0.4, -0.2) is 17.3 Å². The van der Waals surface area contributed by atoms with Gasteiger partial charge < -0.3 is 4.74 Å². The van der Waals surface area contributed by atoms with Gasteiger partial charge in [-0.15, -0.1) is 0 Å². The fraction of sp³-hybridized carbons (Fsp3) is 0.278. The molecule has 5 heteroatoms. The topological polar surface area (TPSA) is 69.4 Å². The second kappa shape index (κ2) is 6.60. The Morgan fingerprint density at radius 3 is 2.43 bits per heavy atom. The Morgan fingerprint density at radius 2 is 1.74 bits per heavy atom. The van der Waals surface area contributed by atoms with E-state index in [0.717, 1.165) is 12.8 Å². The molecule has 3 rings (SSSR count). The van der Waals surface area contributed by atoms with Crippen molar-refractivity contribution in [1.29, 1.82) is 0 Å². The van der Waals surface area contributed by atoms with Crippen LogP contribution in [0.4, 0.5) is 5.69 Å². The summed E-state index contributed by atoms with van der Waals surface area (Å²) >= 11 is 0. The molecule has 0 aromatic heterocycles. The first kappa shape index (κ1) is 15.2. The molecule has 0 heterocycles. The number of fused-ring (bicyclic) bond motifs is 1. The summed E-state index contributed by atoms with van der Waals surface area (Å²) < 4.78 is 5.43. The SMILES string of the molecule is O=C(COc1ccc([N+](=O)[O-])cc1)c1ccc2c(c1)CCCC2. The van der Waals surface area contributed by atoms with Crippen LogP contribution in [0.5, 0.6) is 5.75 Å². The predicted octanol–water partition coefficient (Wildman–Crippen LogP) is 3.74. The fourth-order valence-corrected chi connectivity index (χ4v) is 2.80. The summed E-state index contributed by atoms with van der Waals surface area (Å²) in [7, 11) is 0. The van der Waals surface area contributed by atoms with E-state index in [1.54, 1.807) is 0 Å². The average molecular weight is 311 g/mol. The number of Topliss-reactive ketones (excluding diaryl/α,β-unsaturated/α-hetero) is 1. The maximum atomic E-state index is 12.2. The summed E-state index contributed by atoms with van der Waals surface area (Å²) in [6.45, 7) is -0.0728. The average Bonchev–Trinajstić information content (AvgIpc) is 2.59. The van der Waals surface area contributed by atoms with Gasteiger partial charge in [-0.3, -0.25) is 14.9 Å². The van der Waals surface area contributed by atoms with Gasteiger partial charge in [0, 0.05) is 17.7 Å². The van der Waals surface area contributed by atoms with Crippen LogP contribution in [0, 0.1) is 10.1 Å². The lowest BCUT2D eigenvalue weighted by Gasteiger charge is -2.16. The quantitative estimate of drug-likeness (QED) is 0.479. The normalized spacial score (nSPS) is 13.2. The highest BCUT2D eigenvalue weighted by molar-refractivity contribution is 5.97. The second-order valence-corrected chi connectivity index (χ2v) is 5.65. The van der Waals surface area contributed by atoms with E-state index >= 15 is 0 Å². The Morgan fingerprint density at radius 1 is 1.04 bits per heavy atom. The minimum absolute atomic E-state index is 0.00151. The smallest absolute Gasteiger partial charge is 0.269 e. The first-order valence-electron chi connectivity index (χ1n) is 7.66. The number of carbonyl (C=O) groups excluding carboxylic acids is 1. The molecule has 0 N–H and O–H groups in total. The molecule has 5 nitrogen and oxygen atoms in total. The Hall–Kier alpha value is -2.69. The lowest BCUT2D eigenvalue weighted by molar-refractivity contribution is -0.384. The first-order chi connectivity index (χ1) is 11.1. The van der Waals surface area contributed by atoms with Crippen molar-refractivity contribution in [1.82, 2.24) is 0 Å². The maximum Gasteiger partial charge on any atom is 0.269 e. The predicted molar refractivity (Wildman–Crippen MR) is 86.0 cm³/mol. The Kier molecular flexibility index (Phi) is 4.37. The molecule has 1 aliphatic rings. The molecule has 0 amide bonds. The van der Waals surface area contributed by atoms with E-state index in [1.807, 2.05) is 18.2 Å². The number of nitrogens with zero attached hydrogens (tertiary/aromatic N) is 1. The third kappa shape index (κ3) is 3.56. The summed E-state index contributed by atoms with van der Waals surface area (Å²) in [4.78, 5) is 22.4. The molecule has 1 aliphatic carbocycles. The van der Waals surface area contributed by atoms with Crippen molar-refractivity contribution >= 4 is 11.5 Å². The number of hydrogen-bond donors (Lipinski definition) is 0. The zero-order chi connectivity index (χ0) is 16.2. The van der Waals surface area contributed by atoms with Crippen LogP contribution in [0.1, 0.15) is 34.3 Å². The number of aryl methyl sites for hydroxylation is 2. The molecular formula is C18H17NO4. The van der Waals surface area contributed by atoms with Gasteiger partial charge in [-0.05, 0) is 55.0 Å². The van der Waals surface area contributed by atoms with Gasteiger partial charge in [0.1, 0.15) is 5.75 Å². The summed E-state index contributed by atoms with van der Waals surface area (Å²) in [5.74, 6) is 0.360. The molecule has 2 aromatic rings. The number of rotatable bonds is 5. The highest BCUT2D eigenvalue weighted by Crippen LogP contribution is 2.23. The lowest BCUT2D eigenvalue weighted by atomic mass is 9.90. The van der Waals surface area contributed by atoms with Gasteiger partial charge in [-0.1, -0.05) is 12.1 Å². The third-order valence-corrected chi connectivity index (χ3v) is 4.09. The van der Waals surface area contributed by atoms with E-state index < -0.39 is 4.92 Å². The van der Waals surface area contributed by atoms with Crippen LogP contribution in [0.2, 0.25) is 0 Å². The van der Waals surface area contributed by atoms with E-state index in [1.165, 1.54) is 48.2 Å². The highest BCUT2D eigenvalue weighted by atomic mass is 16.6. The molecule has 0 saturated heterocycles. The van der Waals surface area contributed by atoms with Crippen LogP contribution in [0.15, 0.2) is 42.5 Å². The largest absolute Gasteiger partial charge is 0.485 e. The van der Waals surface area contributed by atoms with Crippen molar-refractivity contribution in [2.75, 3.05) is 6.61 Å². The number of carbonyl (C=O) groups is 1. The fourth-order valence-electron chi connectivity index (χ4n) is 2.80. The van der Waals surface area contributed by atoms with Crippen molar-refractivity contribution in [3.63, 3.8) is 0 Å². The van der Waals surface area contributed by atoms with Gasteiger partial charge in [0.25, 0.3) is 5.69 Å². The molecule has 23 heavy (non-hydrogen) atoms. The van der Waals surface area contributed by atoms with Crippen LogP contribution >= 0.6 is 0 Å². The zero-order valence-electron chi connectivity index (χ0n) is 12.7. The summed E-state index contributed by atoms with van der Waals surface area (Å²) in [5, 5.41) is 10.6. The van der Waals surface area contributed by atoms with E-state index in [4.69, 9.17) is 4.74 Å². The number of non-ortho nitro benzene ring substituents is 1.